The van der Waals surface area contributed by atoms with Crippen molar-refractivity contribution in [2.24, 2.45) is 0 Å². The highest BCUT2D eigenvalue weighted by molar-refractivity contribution is 7.99. The first kappa shape index (κ1) is 21.1. The van der Waals surface area contributed by atoms with Crippen LogP contribution in [0.15, 0.2) is 28.2 Å². The number of rotatable bonds is 7. The number of hydrogen-bond donors (Lipinski definition) is 1. The van der Waals surface area contributed by atoms with Gasteiger partial charge >= 0.3 is 5.69 Å². The number of fused-ring (bicyclic) bond motifs is 1. The summed E-state index contributed by atoms with van der Waals surface area (Å²) in [5.74, 6) is 0.0307. The number of aryl methyl sites for hydroxylation is 1. The monoisotopic (exact) mass is 452 g/mol. The summed E-state index contributed by atoms with van der Waals surface area (Å²) in [6, 6.07) is 5.14. The van der Waals surface area contributed by atoms with E-state index in [2.05, 4.69) is 10.2 Å². The van der Waals surface area contributed by atoms with Crippen molar-refractivity contribution in [3.05, 3.63) is 39.8 Å². The van der Waals surface area contributed by atoms with Gasteiger partial charge in [-0.05, 0) is 49.4 Å². The number of thioether (sulfide) groups is 1. The molecule has 0 saturated carbocycles. The third kappa shape index (κ3) is 4.47. The fourth-order valence-corrected chi connectivity index (χ4v) is 5.71. The smallest absolute Gasteiger partial charge is 0.344 e. The van der Waals surface area contributed by atoms with Crippen molar-refractivity contribution < 1.29 is 17.9 Å². The molecule has 1 aromatic heterocycles. The van der Waals surface area contributed by atoms with Gasteiger partial charge in [0.25, 0.3) is 0 Å². The first-order chi connectivity index (χ1) is 14.3. The molecule has 0 bridgehead atoms. The van der Waals surface area contributed by atoms with Gasteiger partial charge < -0.3 is 4.74 Å². The minimum absolute atomic E-state index is 0.00575. The average molecular weight is 453 g/mol. The van der Waals surface area contributed by atoms with Crippen molar-refractivity contribution in [3.63, 3.8) is 0 Å². The number of aromatic nitrogens is 3. The second-order valence-electron chi connectivity index (χ2n) is 7.55. The molecule has 0 radical (unpaired) electrons. The van der Waals surface area contributed by atoms with Gasteiger partial charge in [0.1, 0.15) is 0 Å². The van der Waals surface area contributed by atoms with E-state index < -0.39 is 10.0 Å². The minimum atomic E-state index is -3.34. The molecule has 0 spiro atoms. The maximum Gasteiger partial charge on any atom is 0.344 e. The van der Waals surface area contributed by atoms with Crippen LogP contribution in [0.2, 0.25) is 0 Å². The molecular formula is C19H24N4O5S2. The quantitative estimate of drug-likeness (QED) is 0.499. The molecule has 3 heterocycles. The maximum absolute atomic E-state index is 12.7. The molecule has 2 aliphatic rings. The summed E-state index contributed by atoms with van der Waals surface area (Å²) < 4.78 is 32.5. The number of aromatic amines is 1. The van der Waals surface area contributed by atoms with Gasteiger partial charge in [0.05, 0.1) is 30.3 Å². The number of sulfonamides is 1. The summed E-state index contributed by atoms with van der Waals surface area (Å²) >= 11 is 1.21. The number of anilines is 1. The lowest BCUT2D eigenvalue weighted by atomic mass is 9.99. The number of nitrogens with zero attached hydrogens (tertiary/aromatic N) is 3. The zero-order valence-electron chi connectivity index (χ0n) is 16.7. The molecule has 2 aromatic rings. The standard InChI is InChI=1S/C19H24N4O5S2/c1-30(26,27)23-8-2-4-13-10-14(6-7-16(13)23)17(24)12-29-19-21-20-18(25)22(19)11-15-5-3-9-28-15/h6-7,10,15H,2-5,8-9,11-12H2,1H3,(H,20,25). The van der Waals surface area contributed by atoms with Gasteiger partial charge in [-0.25, -0.2) is 18.3 Å². The van der Waals surface area contributed by atoms with Crippen molar-refractivity contribution in [2.45, 2.75) is 43.5 Å². The maximum atomic E-state index is 12.7. The summed E-state index contributed by atoms with van der Waals surface area (Å²) in [4.78, 5) is 24.8. The molecule has 2 aliphatic heterocycles. The Balaban J connectivity index is 1.46. The van der Waals surface area contributed by atoms with E-state index in [9.17, 15) is 18.0 Å². The Kier molecular flexibility index (Phi) is 6.03. The highest BCUT2D eigenvalue weighted by atomic mass is 32.2. The molecule has 1 saturated heterocycles. The molecule has 1 N–H and O–H groups in total. The van der Waals surface area contributed by atoms with Crippen LogP contribution in [0.1, 0.15) is 35.2 Å². The largest absolute Gasteiger partial charge is 0.376 e. The first-order valence-corrected chi connectivity index (χ1v) is 12.7. The molecule has 1 fully saturated rings. The summed E-state index contributed by atoms with van der Waals surface area (Å²) in [6.45, 7) is 1.58. The highest BCUT2D eigenvalue weighted by Gasteiger charge is 2.25. The summed E-state index contributed by atoms with van der Waals surface area (Å²) in [7, 11) is -3.34. The Labute approximate surface area is 178 Å². The third-order valence-corrected chi connectivity index (χ3v) is 7.50. The molecule has 30 heavy (non-hydrogen) atoms. The van der Waals surface area contributed by atoms with E-state index in [-0.39, 0.29) is 23.3 Å². The van der Waals surface area contributed by atoms with Crippen molar-refractivity contribution >= 4 is 33.3 Å². The Morgan fingerprint density at radius 3 is 2.93 bits per heavy atom. The SMILES string of the molecule is CS(=O)(=O)N1CCCc2cc(C(=O)CSc3n[nH]c(=O)n3CC3CCCO3)ccc21. The van der Waals surface area contributed by atoms with Crippen LogP contribution in [0.5, 0.6) is 0 Å². The van der Waals surface area contributed by atoms with Crippen molar-refractivity contribution in [1.29, 1.82) is 0 Å². The molecule has 11 heteroatoms. The van der Waals surface area contributed by atoms with Gasteiger partial charge in [-0.15, -0.1) is 5.10 Å². The second kappa shape index (κ2) is 8.56. The van der Waals surface area contributed by atoms with Crippen molar-refractivity contribution in [2.75, 3.05) is 29.5 Å². The number of carbonyl (C=O) groups excluding carboxylic acids is 1. The lowest BCUT2D eigenvalue weighted by Crippen LogP contribution is -2.34. The van der Waals surface area contributed by atoms with E-state index in [4.69, 9.17) is 4.74 Å². The van der Waals surface area contributed by atoms with Crippen LogP contribution >= 0.6 is 11.8 Å². The molecule has 0 aliphatic carbocycles. The molecule has 162 valence electrons. The number of carbonyl (C=O) groups is 1. The van der Waals surface area contributed by atoms with E-state index in [0.717, 1.165) is 31.2 Å². The number of Topliss-reactive ketones (excluding diaryl/α,β-unsaturated/α-hetero) is 1. The van der Waals surface area contributed by atoms with Crippen LogP contribution in [0.3, 0.4) is 0 Å². The normalized spacial score (nSPS) is 19.1. The number of H-pyrrole nitrogens is 1. The van der Waals surface area contributed by atoms with Crippen molar-refractivity contribution in [3.8, 4) is 0 Å². The molecule has 0 amide bonds. The lowest BCUT2D eigenvalue weighted by Gasteiger charge is -2.29. The van der Waals surface area contributed by atoms with E-state index >= 15 is 0 Å². The highest BCUT2D eigenvalue weighted by Crippen LogP contribution is 2.30. The van der Waals surface area contributed by atoms with E-state index in [1.807, 2.05) is 0 Å². The van der Waals surface area contributed by atoms with E-state index in [1.165, 1.54) is 26.9 Å². The molecule has 1 atom stereocenters. The molecule has 9 nitrogen and oxygen atoms in total. The second-order valence-corrected chi connectivity index (χ2v) is 10.4. The van der Waals surface area contributed by atoms with Gasteiger partial charge in [-0.2, -0.15) is 0 Å². The van der Waals surface area contributed by atoms with Crippen LogP contribution in [0, 0.1) is 0 Å². The molecule has 1 aromatic carbocycles. The Morgan fingerprint density at radius 1 is 1.37 bits per heavy atom. The molecule has 4 rings (SSSR count). The number of nitrogens with one attached hydrogen (secondary N) is 1. The summed E-state index contributed by atoms with van der Waals surface area (Å²) in [6.07, 6.45) is 4.52. The summed E-state index contributed by atoms with van der Waals surface area (Å²) in [5, 5.41) is 6.94. The topological polar surface area (TPSA) is 114 Å². The van der Waals surface area contributed by atoms with Crippen LogP contribution in [-0.4, -0.2) is 60.2 Å². The van der Waals surface area contributed by atoms with Gasteiger partial charge in [-0.3, -0.25) is 13.7 Å². The van der Waals surface area contributed by atoms with Gasteiger partial charge in [-0.1, -0.05) is 11.8 Å². The van der Waals surface area contributed by atoms with Gasteiger partial charge in [0, 0.05) is 18.7 Å². The fourth-order valence-electron chi connectivity index (χ4n) is 3.86. The summed E-state index contributed by atoms with van der Waals surface area (Å²) in [5.41, 5.74) is 1.72. The predicted octanol–water partition coefficient (Wildman–Crippen LogP) is 1.44. The molecule has 1 unspecified atom stereocenters. The number of hydrogen-bond acceptors (Lipinski definition) is 7. The van der Waals surface area contributed by atoms with Crippen LogP contribution < -0.4 is 9.99 Å². The van der Waals surface area contributed by atoms with E-state index in [0.29, 0.717) is 36.1 Å². The Hall–Kier alpha value is -2.11. The Bertz CT molecular complexity index is 1100. The predicted molar refractivity (Wildman–Crippen MR) is 114 cm³/mol. The lowest BCUT2D eigenvalue weighted by molar-refractivity contribution is 0.0941. The zero-order valence-corrected chi connectivity index (χ0v) is 18.3. The van der Waals surface area contributed by atoms with Gasteiger partial charge in [0.15, 0.2) is 10.9 Å². The van der Waals surface area contributed by atoms with Crippen LogP contribution in [0.4, 0.5) is 5.69 Å². The van der Waals surface area contributed by atoms with Gasteiger partial charge in [0.2, 0.25) is 10.0 Å². The fraction of sp³-hybridized carbons (Fsp3) is 0.526. The zero-order chi connectivity index (χ0) is 21.3. The number of benzene rings is 1. The van der Waals surface area contributed by atoms with E-state index in [1.54, 1.807) is 18.2 Å². The minimum Gasteiger partial charge on any atom is -0.376 e. The van der Waals surface area contributed by atoms with Crippen LogP contribution in [-0.2, 0) is 27.7 Å². The molecular weight excluding hydrogens is 428 g/mol. The number of ether oxygens (including phenoxy) is 1. The average Bonchev–Trinajstić information content (AvgIpc) is 3.35. The number of ketones is 1. The van der Waals surface area contributed by atoms with Crippen molar-refractivity contribution in [1.82, 2.24) is 14.8 Å². The Morgan fingerprint density at radius 2 is 2.20 bits per heavy atom. The van der Waals surface area contributed by atoms with Crippen LogP contribution in [0.25, 0.3) is 0 Å². The first-order valence-electron chi connectivity index (χ1n) is 9.86. The third-order valence-electron chi connectivity index (χ3n) is 5.34.